The van der Waals surface area contributed by atoms with E-state index < -0.39 is 0 Å². The van der Waals surface area contributed by atoms with Gasteiger partial charge < -0.3 is 15.5 Å². The number of thioether (sulfide) groups is 1. The van der Waals surface area contributed by atoms with Crippen molar-refractivity contribution < 1.29 is 4.39 Å². The lowest BCUT2D eigenvalue weighted by Crippen LogP contribution is -2.50. The summed E-state index contributed by atoms with van der Waals surface area (Å²) in [7, 11) is 1.81. The van der Waals surface area contributed by atoms with Gasteiger partial charge in [-0.2, -0.15) is 0 Å². The van der Waals surface area contributed by atoms with E-state index in [4.69, 9.17) is 0 Å². The van der Waals surface area contributed by atoms with Crippen LogP contribution in [0.3, 0.4) is 0 Å². The molecule has 2 N–H and O–H groups in total. The first-order valence-electron chi connectivity index (χ1n) is 9.85. The van der Waals surface area contributed by atoms with E-state index in [1.165, 1.54) is 69.4 Å². The van der Waals surface area contributed by atoms with Crippen LogP contribution in [0.5, 0.6) is 0 Å². The summed E-state index contributed by atoms with van der Waals surface area (Å²) in [6.07, 6.45) is 7.96. The fourth-order valence-corrected chi connectivity index (χ4v) is 4.76. The van der Waals surface area contributed by atoms with Crippen LogP contribution in [-0.4, -0.2) is 55.4 Å². The van der Waals surface area contributed by atoms with Crippen molar-refractivity contribution in [3.05, 3.63) is 30.1 Å². The largest absolute Gasteiger partial charge is 0.356 e. The summed E-state index contributed by atoms with van der Waals surface area (Å²) < 4.78 is 13.6. The van der Waals surface area contributed by atoms with E-state index in [0.29, 0.717) is 10.9 Å². The minimum absolute atomic E-state index is 0.144. The number of nitrogens with zero attached hydrogens (tertiary/aromatic N) is 2. The molecular weight excluding hydrogens is 347 g/mol. The van der Waals surface area contributed by atoms with Crippen LogP contribution >= 0.6 is 11.8 Å². The Morgan fingerprint density at radius 2 is 1.92 bits per heavy atom. The molecule has 1 aromatic carbocycles. The quantitative estimate of drug-likeness (QED) is 0.344. The summed E-state index contributed by atoms with van der Waals surface area (Å²) in [4.78, 5) is 7.73. The fraction of sp³-hybridized carbons (Fsp3) is 0.650. The fourth-order valence-electron chi connectivity index (χ4n) is 3.96. The molecule has 1 saturated carbocycles. The Balaban J connectivity index is 1.34. The number of nitrogens with one attached hydrogen (secondary N) is 2. The number of aliphatic imine (C=N–C) groups is 1. The highest BCUT2D eigenvalue weighted by Gasteiger charge is 2.27. The zero-order chi connectivity index (χ0) is 18.2. The summed E-state index contributed by atoms with van der Waals surface area (Å²) in [5.41, 5.74) is 0. The second-order valence-electron chi connectivity index (χ2n) is 7.17. The lowest BCUT2D eigenvalue weighted by molar-refractivity contribution is 0.150. The van der Waals surface area contributed by atoms with Crippen molar-refractivity contribution in [3.63, 3.8) is 0 Å². The average molecular weight is 379 g/mol. The lowest BCUT2D eigenvalue weighted by atomic mass is 10.0. The predicted octanol–water partition coefficient (Wildman–Crippen LogP) is 3.49. The highest BCUT2D eigenvalue weighted by molar-refractivity contribution is 7.99. The normalized spacial score (nSPS) is 20.5. The molecule has 1 aliphatic carbocycles. The molecule has 0 spiro atoms. The zero-order valence-corrected chi connectivity index (χ0v) is 16.5. The molecule has 0 bridgehead atoms. The maximum Gasteiger partial charge on any atom is 0.191 e. The molecule has 4 nitrogen and oxygen atoms in total. The number of piperidine rings is 1. The standard InChI is InChI=1S/C20H31FN4S/c1-22-20(23-12-15-26-19-9-5-4-8-18(19)21)24-16-10-13-25(14-11-16)17-6-2-3-7-17/h4-5,8-9,16-17H,2-3,6-7,10-15H2,1H3,(H2,22,23,24). The molecule has 0 aromatic heterocycles. The molecule has 1 saturated heterocycles. The van der Waals surface area contributed by atoms with Crippen molar-refractivity contribution in [1.82, 2.24) is 15.5 Å². The van der Waals surface area contributed by atoms with Crippen molar-refractivity contribution in [2.45, 2.75) is 55.5 Å². The van der Waals surface area contributed by atoms with Crippen molar-refractivity contribution in [3.8, 4) is 0 Å². The molecule has 2 aliphatic rings. The van der Waals surface area contributed by atoms with Gasteiger partial charge in [-0.1, -0.05) is 25.0 Å². The Morgan fingerprint density at radius 1 is 1.19 bits per heavy atom. The number of hydrogen-bond donors (Lipinski definition) is 2. The average Bonchev–Trinajstić information content (AvgIpc) is 3.21. The van der Waals surface area contributed by atoms with Crippen molar-refractivity contribution in [2.75, 3.05) is 32.4 Å². The van der Waals surface area contributed by atoms with E-state index in [9.17, 15) is 4.39 Å². The summed E-state index contributed by atoms with van der Waals surface area (Å²) in [5.74, 6) is 1.52. The maximum absolute atomic E-state index is 13.6. The van der Waals surface area contributed by atoms with Crippen LogP contribution in [0.25, 0.3) is 0 Å². The molecule has 26 heavy (non-hydrogen) atoms. The first-order chi connectivity index (χ1) is 12.8. The van der Waals surface area contributed by atoms with Gasteiger partial charge in [0, 0.05) is 49.4 Å². The van der Waals surface area contributed by atoms with E-state index in [2.05, 4.69) is 20.5 Å². The highest BCUT2D eigenvalue weighted by atomic mass is 32.2. The molecule has 0 amide bonds. The minimum Gasteiger partial charge on any atom is -0.356 e. The van der Waals surface area contributed by atoms with Gasteiger partial charge in [0.1, 0.15) is 5.82 Å². The van der Waals surface area contributed by atoms with Crippen LogP contribution in [0.15, 0.2) is 34.2 Å². The predicted molar refractivity (Wildman–Crippen MR) is 108 cm³/mol. The van der Waals surface area contributed by atoms with Gasteiger partial charge >= 0.3 is 0 Å². The number of hydrogen-bond acceptors (Lipinski definition) is 3. The van der Waals surface area contributed by atoms with E-state index in [0.717, 1.165) is 24.3 Å². The van der Waals surface area contributed by atoms with Crippen LogP contribution in [0.4, 0.5) is 4.39 Å². The third-order valence-electron chi connectivity index (χ3n) is 5.42. The third-order valence-corrected chi connectivity index (χ3v) is 6.47. The molecular formula is C20H31FN4S. The first-order valence-corrected chi connectivity index (χ1v) is 10.8. The second-order valence-corrected chi connectivity index (χ2v) is 8.31. The molecule has 1 heterocycles. The van der Waals surface area contributed by atoms with Crippen LogP contribution in [0.1, 0.15) is 38.5 Å². The second kappa shape index (κ2) is 10.2. The SMILES string of the molecule is CN=C(NCCSc1ccccc1F)NC1CCN(C2CCCC2)CC1. The van der Waals surface area contributed by atoms with E-state index in [1.807, 2.05) is 19.2 Å². The van der Waals surface area contributed by atoms with E-state index in [1.54, 1.807) is 6.07 Å². The summed E-state index contributed by atoms with van der Waals surface area (Å²) in [6.45, 7) is 3.16. The molecule has 1 aromatic rings. The summed E-state index contributed by atoms with van der Waals surface area (Å²) in [6, 6.07) is 8.26. The lowest BCUT2D eigenvalue weighted by Gasteiger charge is -2.36. The molecule has 0 radical (unpaired) electrons. The van der Waals surface area contributed by atoms with Crippen LogP contribution in [-0.2, 0) is 0 Å². The Bertz CT molecular complexity index is 581. The number of benzene rings is 1. The van der Waals surface area contributed by atoms with Gasteiger partial charge in [-0.3, -0.25) is 4.99 Å². The molecule has 1 aliphatic heterocycles. The third kappa shape index (κ3) is 5.61. The van der Waals surface area contributed by atoms with Crippen LogP contribution < -0.4 is 10.6 Å². The molecule has 6 heteroatoms. The van der Waals surface area contributed by atoms with Crippen molar-refractivity contribution in [2.24, 2.45) is 4.99 Å². The molecule has 0 atom stereocenters. The molecule has 2 fully saturated rings. The Kier molecular flexibility index (Phi) is 7.62. The Labute approximate surface area is 161 Å². The topological polar surface area (TPSA) is 39.7 Å². The zero-order valence-electron chi connectivity index (χ0n) is 15.7. The maximum atomic E-state index is 13.6. The minimum atomic E-state index is -0.144. The number of guanidine groups is 1. The molecule has 3 rings (SSSR count). The Morgan fingerprint density at radius 3 is 2.62 bits per heavy atom. The van der Waals surface area contributed by atoms with Crippen molar-refractivity contribution >= 4 is 17.7 Å². The van der Waals surface area contributed by atoms with Crippen LogP contribution in [0, 0.1) is 5.82 Å². The van der Waals surface area contributed by atoms with Gasteiger partial charge in [-0.15, -0.1) is 11.8 Å². The number of rotatable bonds is 6. The molecule has 144 valence electrons. The molecule has 0 unspecified atom stereocenters. The van der Waals surface area contributed by atoms with Crippen molar-refractivity contribution in [1.29, 1.82) is 0 Å². The first kappa shape index (κ1) is 19.5. The number of halogens is 1. The Hall–Kier alpha value is -1.27. The van der Waals surface area contributed by atoms with Gasteiger partial charge in [0.25, 0.3) is 0 Å². The van der Waals surface area contributed by atoms with Gasteiger partial charge in [-0.25, -0.2) is 4.39 Å². The summed E-state index contributed by atoms with van der Waals surface area (Å²) in [5, 5.41) is 6.91. The highest BCUT2D eigenvalue weighted by Crippen LogP contribution is 2.26. The van der Waals surface area contributed by atoms with Gasteiger partial charge in [0.2, 0.25) is 0 Å². The number of likely N-dealkylation sites (tertiary alicyclic amines) is 1. The van der Waals surface area contributed by atoms with Gasteiger partial charge in [-0.05, 0) is 37.8 Å². The monoisotopic (exact) mass is 378 g/mol. The van der Waals surface area contributed by atoms with E-state index in [-0.39, 0.29) is 5.82 Å². The summed E-state index contributed by atoms with van der Waals surface area (Å²) >= 11 is 1.53. The smallest absolute Gasteiger partial charge is 0.191 e. The van der Waals surface area contributed by atoms with Crippen LogP contribution in [0.2, 0.25) is 0 Å². The van der Waals surface area contributed by atoms with Gasteiger partial charge in [0.15, 0.2) is 5.96 Å². The van der Waals surface area contributed by atoms with E-state index >= 15 is 0 Å². The van der Waals surface area contributed by atoms with Gasteiger partial charge in [0.05, 0.1) is 0 Å².